The van der Waals surface area contributed by atoms with Gasteiger partial charge in [-0.2, -0.15) is 26.3 Å². The van der Waals surface area contributed by atoms with Crippen LogP contribution in [0.1, 0.15) is 0 Å². The lowest BCUT2D eigenvalue weighted by atomic mass is 10.1. The molecule has 0 aliphatic carbocycles. The second kappa shape index (κ2) is 3.09. The van der Waals surface area contributed by atoms with Crippen molar-refractivity contribution >= 4 is 10.7 Å². The highest BCUT2D eigenvalue weighted by molar-refractivity contribution is 7.87. The van der Waals surface area contributed by atoms with Gasteiger partial charge in [0.05, 0.1) is 5.88 Å². The highest BCUT2D eigenvalue weighted by Gasteiger charge is 2.74. The molecule has 1 unspecified atom stereocenters. The maximum atomic E-state index is 12.3. The van der Waals surface area contributed by atoms with Crippen molar-refractivity contribution in [2.24, 2.45) is 0 Å². The first-order valence-corrected chi connectivity index (χ1v) is 4.79. The molecule has 0 spiro atoms. The third-order valence-corrected chi connectivity index (χ3v) is 3.90. The van der Waals surface area contributed by atoms with Gasteiger partial charge in [0.2, 0.25) is 4.75 Å². The minimum Gasteiger partial charge on any atom is -0.305 e. The van der Waals surface area contributed by atoms with E-state index in [0.717, 1.165) is 0 Å². The summed E-state index contributed by atoms with van der Waals surface area (Å²) in [6.45, 7) is -1.26. The molecule has 14 heavy (non-hydrogen) atoms. The van der Waals surface area contributed by atoms with Crippen LogP contribution >= 0.6 is 0 Å². The Balaban J connectivity index is 3.23. The van der Waals surface area contributed by atoms with Gasteiger partial charge < -0.3 is 5.32 Å². The van der Waals surface area contributed by atoms with Crippen molar-refractivity contribution in [3.8, 4) is 0 Å². The van der Waals surface area contributed by atoms with Crippen molar-refractivity contribution < 1.29 is 26.3 Å². The van der Waals surface area contributed by atoms with E-state index < -0.39 is 40.2 Å². The first kappa shape index (κ1) is 11.8. The van der Waals surface area contributed by atoms with Crippen molar-refractivity contribution in [2.45, 2.75) is 17.1 Å². The lowest BCUT2D eigenvalue weighted by Gasteiger charge is -2.32. The summed E-state index contributed by atoms with van der Waals surface area (Å²) in [4.78, 5) is 0. The molecule has 84 valence electrons. The molecule has 2 nitrogen and oxygen atoms in total. The van der Waals surface area contributed by atoms with Crippen molar-refractivity contribution in [1.82, 2.24) is 5.32 Å². The van der Waals surface area contributed by atoms with Gasteiger partial charge in [0.25, 0.3) is 0 Å². The second-order valence-electron chi connectivity index (χ2n) is 2.78. The number of hydrogen-bond acceptors (Lipinski definition) is 2. The van der Waals surface area contributed by atoms with E-state index in [0.29, 0.717) is 0 Å². The van der Waals surface area contributed by atoms with E-state index in [1.807, 2.05) is 5.32 Å². The molecule has 0 saturated carbocycles. The SMILES string of the molecule is N=S1CNCC1(C(F)(F)F)C(F)(F)F. The molecular weight excluding hydrogens is 234 g/mol. The smallest absolute Gasteiger partial charge is 0.305 e. The standard InChI is InChI=1S/C5H6F6N2S/c6-4(7,8)3(5(9,10)11)1-13-2-14(3)12/h12-13H,1-2H2. The molecule has 1 fully saturated rings. The van der Waals surface area contributed by atoms with Gasteiger partial charge in [-0.25, -0.2) is 0 Å². The van der Waals surface area contributed by atoms with Crippen LogP contribution in [0.3, 0.4) is 0 Å². The predicted molar refractivity (Wildman–Crippen MR) is 37.8 cm³/mol. The molecule has 1 heterocycles. The highest BCUT2D eigenvalue weighted by atomic mass is 32.2. The Labute approximate surface area is 77.6 Å². The Morgan fingerprint density at radius 2 is 1.50 bits per heavy atom. The summed E-state index contributed by atoms with van der Waals surface area (Å²) in [5.74, 6) is -0.570. The molecule has 0 amide bonds. The molecular formula is C5H6F6N2S. The number of alkyl halides is 6. The highest BCUT2D eigenvalue weighted by Crippen LogP contribution is 2.48. The van der Waals surface area contributed by atoms with Crippen LogP contribution in [0, 0.1) is 4.78 Å². The van der Waals surface area contributed by atoms with Crippen molar-refractivity contribution in [2.75, 3.05) is 12.4 Å². The summed E-state index contributed by atoms with van der Waals surface area (Å²) >= 11 is 0. The third kappa shape index (κ3) is 1.42. The van der Waals surface area contributed by atoms with Crippen LogP contribution in [-0.2, 0) is 10.7 Å². The number of halogens is 6. The van der Waals surface area contributed by atoms with E-state index >= 15 is 0 Å². The number of rotatable bonds is 0. The summed E-state index contributed by atoms with van der Waals surface area (Å²) in [5, 5.41) is 1.96. The molecule has 1 aliphatic rings. The van der Waals surface area contributed by atoms with Crippen LogP contribution in [0.25, 0.3) is 0 Å². The van der Waals surface area contributed by atoms with Gasteiger partial charge in [-0.05, 0) is 0 Å². The average Bonchev–Trinajstić information content (AvgIpc) is 2.27. The lowest BCUT2D eigenvalue weighted by molar-refractivity contribution is -0.261. The molecule has 0 aromatic carbocycles. The molecule has 2 N–H and O–H groups in total. The van der Waals surface area contributed by atoms with E-state index in [9.17, 15) is 26.3 Å². The average molecular weight is 240 g/mol. The zero-order valence-corrected chi connectivity index (χ0v) is 7.41. The predicted octanol–water partition coefficient (Wildman–Crippen LogP) is 1.79. The molecule has 0 radical (unpaired) electrons. The Kier molecular flexibility index (Phi) is 2.60. The van der Waals surface area contributed by atoms with E-state index in [2.05, 4.69) is 0 Å². The fourth-order valence-electron chi connectivity index (χ4n) is 1.18. The first-order chi connectivity index (χ1) is 6.13. The van der Waals surface area contributed by atoms with Crippen molar-refractivity contribution in [3.05, 3.63) is 0 Å². The van der Waals surface area contributed by atoms with Gasteiger partial charge in [0.1, 0.15) is 0 Å². The maximum absolute atomic E-state index is 12.3. The molecule has 1 aliphatic heterocycles. The van der Waals surface area contributed by atoms with E-state index in [1.54, 1.807) is 0 Å². The van der Waals surface area contributed by atoms with Crippen molar-refractivity contribution in [3.63, 3.8) is 0 Å². The Morgan fingerprint density at radius 3 is 1.64 bits per heavy atom. The fraction of sp³-hybridized carbons (Fsp3) is 1.00. The molecule has 9 heteroatoms. The minimum absolute atomic E-state index is 0.570. The Bertz CT molecular complexity index is 242. The first-order valence-electron chi connectivity index (χ1n) is 3.39. The molecule has 0 bridgehead atoms. The van der Waals surface area contributed by atoms with Gasteiger partial charge in [0.15, 0.2) is 0 Å². The minimum atomic E-state index is -5.43. The topological polar surface area (TPSA) is 35.9 Å². The van der Waals surface area contributed by atoms with E-state index in [4.69, 9.17) is 4.78 Å². The summed E-state index contributed by atoms with van der Waals surface area (Å²) in [6.07, 6.45) is -10.9. The molecule has 0 aromatic heterocycles. The van der Waals surface area contributed by atoms with Gasteiger partial charge in [-0.15, -0.1) is 0 Å². The fourth-order valence-corrected chi connectivity index (χ4v) is 2.57. The zero-order valence-electron chi connectivity index (χ0n) is 6.59. The summed E-state index contributed by atoms with van der Waals surface area (Å²) in [5.41, 5.74) is 0. The largest absolute Gasteiger partial charge is 0.414 e. The van der Waals surface area contributed by atoms with E-state index in [-0.39, 0.29) is 0 Å². The zero-order chi connectivity index (χ0) is 11.2. The van der Waals surface area contributed by atoms with E-state index in [1.165, 1.54) is 0 Å². The summed E-state index contributed by atoms with van der Waals surface area (Å²) in [7, 11) is -2.52. The van der Waals surface area contributed by atoms with Crippen molar-refractivity contribution in [1.29, 1.82) is 4.78 Å². The van der Waals surface area contributed by atoms with Gasteiger partial charge in [-0.1, -0.05) is 10.7 Å². The van der Waals surface area contributed by atoms with Crippen LogP contribution < -0.4 is 5.32 Å². The van der Waals surface area contributed by atoms with Crippen LogP contribution in [-0.4, -0.2) is 29.5 Å². The number of hydrogen-bond donors (Lipinski definition) is 2. The van der Waals surface area contributed by atoms with Gasteiger partial charge >= 0.3 is 12.4 Å². The maximum Gasteiger partial charge on any atom is 0.414 e. The second-order valence-corrected chi connectivity index (χ2v) is 4.55. The molecule has 1 rings (SSSR count). The van der Waals surface area contributed by atoms with Crippen LogP contribution in [0.5, 0.6) is 0 Å². The molecule has 0 aromatic rings. The summed E-state index contributed by atoms with van der Waals surface area (Å²) in [6, 6.07) is 0. The summed E-state index contributed by atoms with van der Waals surface area (Å²) < 4.78 is 76.7. The normalized spacial score (nSPS) is 28.0. The van der Waals surface area contributed by atoms with Crippen LogP contribution in [0.15, 0.2) is 0 Å². The monoisotopic (exact) mass is 240 g/mol. The van der Waals surface area contributed by atoms with Gasteiger partial charge in [-0.3, -0.25) is 4.78 Å². The van der Waals surface area contributed by atoms with Crippen LogP contribution in [0.4, 0.5) is 26.3 Å². The van der Waals surface area contributed by atoms with Crippen LogP contribution in [0.2, 0.25) is 0 Å². The molecule has 1 saturated heterocycles. The Hall–Kier alpha value is -0.310. The molecule has 1 atom stereocenters. The number of nitrogens with one attached hydrogen (secondary N) is 2. The third-order valence-electron chi connectivity index (χ3n) is 1.96. The van der Waals surface area contributed by atoms with Gasteiger partial charge in [0, 0.05) is 6.54 Å². The quantitative estimate of drug-likeness (QED) is 0.622. The lowest BCUT2D eigenvalue weighted by Crippen LogP contribution is -2.60. The Morgan fingerprint density at radius 1 is 1.07 bits per heavy atom.